The summed E-state index contributed by atoms with van der Waals surface area (Å²) in [7, 11) is 5.87. The minimum atomic E-state index is -0.742. The zero-order chi connectivity index (χ0) is 27.4. The van der Waals surface area contributed by atoms with Crippen LogP contribution in [0.3, 0.4) is 0 Å². The molecule has 2 rings (SSSR count). The molecule has 0 spiro atoms. The van der Waals surface area contributed by atoms with Crippen LogP contribution in [0.2, 0.25) is 0 Å². The molecular formula is C28H30O8S. The van der Waals surface area contributed by atoms with Gasteiger partial charge in [-0.05, 0) is 55.8 Å². The Kier molecular flexibility index (Phi) is 11.5. The second kappa shape index (κ2) is 14.5. The molecule has 0 fully saturated rings. The van der Waals surface area contributed by atoms with Gasteiger partial charge in [0.2, 0.25) is 10.9 Å². The van der Waals surface area contributed by atoms with Gasteiger partial charge in [-0.2, -0.15) is 0 Å². The van der Waals surface area contributed by atoms with E-state index < -0.39 is 11.2 Å². The third kappa shape index (κ3) is 8.28. The fourth-order valence-electron chi connectivity index (χ4n) is 3.07. The van der Waals surface area contributed by atoms with Crippen LogP contribution in [-0.2, 0) is 9.59 Å². The van der Waals surface area contributed by atoms with E-state index in [1.807, 2.05) is 6.92 Å². The van der Waals surface area contributed by atoms with E-state index in [1.165, 1.54) is 40.6 Å². The number of esters is 1. The van der Waals surface area contributed by atoms with Gasteiger partial charge in [0.1, 0.15) is 5.25 Å². The topological polar surface area (TPSA) is 97.4 Å². The first kappa shape index (κ1) is 29.3. The average molecular weight is 527 g/mol. The van der Waals surface area contributed by atoms with E-state index in [1.54, 1.807) is 61.6 Å². The van der Waals surface area contributed by atoms with Gasteiger partial charge in [-0.3, -0.25) is 14.4 Å². The Hall–Kier alpha value is -3.98. The Balaban J connectivity index is 2.20. The third-order valence-corrected chi connectivity index (χ3v) is 5.85. The lowest BCUT2D eigenvalue weighted by atomic mass is 10.1. The van der Waals surface area contributed by atoms with Crippen molar-refractivity contribution in [2.45, 2.75) is 19.1 Å². The van der Waals surface area contributed by atoms with Crippen molar-refractivity contribution in [3.8, 4) is 28.7 Å². The normalized spacial score (nSPS) is 12.1. The fraction of sp³-hybridized carbons (Fsp3) is 0.250. The van der Waals surface area contributed by atoms with Crippen molar-refractivity contribution in [3.63, 3.8) is 0 Å². The molecule has 0 aliphatic heterocycles. The molecule has 0 saturated heterocycles. The Morgan fingerprint density at radius 3 is 2.03 bits per heavy atom. The minimum Gasteiger partial charge on any atom is -0.493 e. The van der Waals surface area contributed by atoms with Crippen LogP contribution in [0.4, 0.5) is 0 Å². The van der Waals surface area contributed by atoms with Crippen molar-refractivity contribution in [1.29, 1.82) is 0 Å². The predicted octanol–water partition coefficient (Wildman–Crippen LogP) is 5.30. The molecule has 0 N–H and O–H groups in total. The summed E-state index contributed by atoms with van der Waals surface area (Å²) in [6.07, 6.45) is 9.45. The Labute approximate surface area is 220 Å². The summed E-state index contributed by atoms with van der Waals surface area (Å²) < 4.78 is 26.7. The first-order valence-electron chi connectivity index (χ1n) is 11.2. The highest BCUT2D eigenvalue weighted by molar-refractivity contribution is 8.15. The second-order valence-electron chi connectivity index (χ2n) is 7.41. The van der Waals surface area contributed by atoms with Crippen LogP contribution in [0.1, 0.15) is 29.8 Å². The number of benzene rings is 2. The fourth-order valence-corrected chi connectivity index (χ4v) is 3.72. The van der Waals surface area contributed by atoms with E-state index in [0.717, 1.165) is 11.8 Å². The molecule has 1 atom stereocenters. The molecule has 0 aliphatic carbocycles. The number of ether oxygens (including phenoxy) is 5. The molecule has 8 nitrogen and oxygen atoms in total. The lowest BCUT2D eigenvalue weighted by Gasteiger charge is -2.13. The Bertz CT molecular complexity index is 1190. The Morgan fingerprint density at radius 1 is 0.811 bits per heavy atom. The van der Waals surface area contributed by atoms with Crippen molar-refractivity contribution in [2.24, 2.45) is 0 Å². The van der Waals surface area contributed by atoms with Crippen molar-refractivity contribution < 1.29 is 38.1 Å². The molecular weight excluding hydrogens is 496 g/mol. The summed E-state index contributed by atoms with van der Waals surface area (Å²) in [4.78, 5) is 37.4. The molecule has 2 aromatic carbocycles. The van der Waals surface area contributed by atoms with Gasteiger partial charge >= 0.3 is 5.97 Å². The number of allylic oxidation sites excluding steroid dienone is 4. The smallest absolute Gasteiger partial charge is 0.324 e. The van der Waals surface area contributed by atoms with Crippen molar-refractivity contribution >= 4 is 34.7 Å². The van der Waals surface area contributed by atoms with Crippen LogP contribution in [0.25, 0.3) is 6.08 Å². The molecule has 0 bridgehead atoms. The van der Waals surface area contributed by atoms with Gasteiger partial charge < -0.3 is 23.7 Å². The summed E-state index contributed by atoms with van der Waals surface area (Å²) >= 11 is 0.852. The predicted molar refractivity (Wildman–Crippen MR) is 144 cm³/mol. The molecule has 9 heteroatoms. The summed E-state index contributed by atoms with van der Waals surface area (Å²) in [5.41, 5.74) is 0.931. The average Bonchev–Trinajstić information content (AvgIpc) is 2.90. The van der Waals surface area contributed by atoms with E-state index in [-0.39, 0.29) is 16.6 Å². The highest BCUT2D eigenvalue weighted by Gasteiger charge is 2.21. The van der Waals surface area contributed by atoms with Gasteiger partial charge in [-0.15, -0.1) is 0 Å². The van der Waals surface area contributed by atoms with Gasteiger partial charge in [0.25, 0.3) is 0 Å². The van der Waals surface area contributed by atoms with Gasteiger partial charge in [0.15, 0.2) is 28.8 Å². The molecule has 0 radical (unpaired) electrons. The maximum absolute atomic E-state index is 12.8. The largest absolute Gasteiger partial charge is 0.493 e. The zero-order valence-electron chi connectivity index (χ0n) is 21.6. The summed E-state index contributed by atoms with van der Waals surface area (Å²) in [6.45, 7) is 3.42. The third-order valence-electron chi connectivity index (χ3n) is 4.94. The van der Waals surface area contributed by atoms with Gasteiger partial charge in [-0.25, -0.2) is 0 Å². The SMILES string of the molecule is C/C=C/C=C/C(=O)SC(C)C(=O)Oc1cc(/C=C/C(=O)c2cc(OC)c(OC)c(OC)c2)ccc1OC. The highest BCUT2D eigenvalue weighted by Crippen LogP contribution is 2.38. The molecule has 196 valence electrons. The first-order chi connectivity index (χ1) is 17.8. The summed E-state index contributed by atoms with van der Waals surface area (Å²) in [6, 6.07) is 8.02. The number of hydrogen-bond donors (Lipinski definition) is 0. The van der Waals surface area contributed by atoms with Gasteiger partial charge in [-0.1, -0.05) is 42.1 Å². The van der Waals surface area contributed by atoms with E-state index in [2.05, 4.69) is 0 Å². The number of methoxy groups -OCH3 is 4. The van der Waals surface area contributed by atoms with E-state index in [9.17, 15) is 14.4 Å². The molecule has 0 saturated carbocycles. The van der Waals surface area contributed by atoms with Crippen LogP contribution in [-0.4, -0.2) is 50.6 Å². The van der Waals surface area contributed by atoms with Crippen molar-refractivity contribution in [3.05, 3.63) is 71.8 Å². The number of thioether (sulfide) groups is 1. The van der Waals surface area contributed by atoms with E-state index in [4.69, 9.17) is 23.7 Å². The maximum Gasteiger partial charge on any atom is 0.324 e. The van der Waals surface area contributed by atoms with Crippen LogP contribution >= 0.6 is 11.8 Å². The van der Waals surface area contributed by atoms with Crippen LogP contribution in [0.5, 0.6) is 28.7 Å². The minimum absolute atomic E-state index is 0.166. The summed E-state index contributed by atoms with van der Waals surface area (Å²) in [5.74, 6) is 0.696. The zero-order valence-corrected chi connectivity index (χ0v) is 22.4. The molecule has 37 heavy (non-hydrogen) atoms. The quantitative estimate of drug-likeness (QED) is 0.120. The van der Waals surface area contributed by atoms with Crippen LogP contribution in [0, 0.1) is 0 Å². The molecule has 0 amide bonds. The van der Waals surface area contributed by atoms with Crippen molar-refractivity contribution in [1.82, 2.24) is 0 Å². The number of carbonyl (C=O) groups is 3. The molecule has 0 heterocycles. The highest BCUT2D eigenvalue weighted by atomic mass is 32.2. The lowest BCUT2D eigenvalue weighted by Crippen LogP contribution is -2.21. The lowest BCUT2D eigenvalue weighted by molar-refractivity contribution is -0.133. The number of ketones is 1. The monoisotopic (exact) mass is 526 g/mol. The molecule has 0 aliphatic rings. The number of carbonyl (C=O) groups excluding carboxylic acids is 3. The number of hydrogen-bond acceptors (Lipinski definition) is 9. The summed E-state index contributed by atoms with van der Waals surface area (Å²) in [5, 5.41) is -1.01. The second-order valence-corrected chi connectivity index (χ2v) is 8.75. The van der Waals surface area contributed by atoms with Gasteiger partial charge in [0, 0.05) is 5.56 Å². The Morgan fingerprint density at radius 2 is 1.46 bits per heavy atom. The van der Waals surface area contributed by atoms with Gasteiger partial charge in [0.05, 0.1) is 28.4 Å². The molecule has 0 aromatic heterocycles. The first-order valence-corrected chi connectivity index (χ1v) is 12.1. The van der Waals surface area contributed by atoms with Crippen LogP contribution < -0.4 is 23.7 Å². The van der Waals surface area contributed by atoms with Crippen molar-refractivity contribution in [2.75, 3.05) is 28.4 Å². The van der Waals surface area contributed by atoms with E-state index in [0.29, 0.717) is 34.1 Å². The molecule has 2 aromatic rings. The number of rotatable bonds is 12. The molecule has 1 unspecified atom stereocenters. The van der Waals surface area contributed by atoms with Crippen LogP contribution in [0.15, 0.2) is 60.7 Å². The van der Waals surface area contributed by atoms with E-state index >= 15 is 0 Å². The standard InChI is InChI=1S/C28H30O8S/c1-7-8-9-10-26(30)37-18(2)28(31)36-23-15-19(12-14-22(23)32-3)11-13-21(29)20-16-24(33-4)27(35-6)25(17-20)34-5/h7-18H,1-6H3/b8-7+,10-9+,13-11+. The maximum atomic E-state index is 12.8.